The topological polar surface area (TPSA) is 55.8 Å². The zero-order valence-electron chi connectivity index (χ0n) is 6.81. The van der Waals surface area contributed by atoms with Crippen molar-refractivity contribution in [3.8, 4) is 5.75 Å². The van der Waals surface area contributed by atoms with Gasteiger partial charge >= 0.3 is 7.60 Å². The summed E-state index contributed by atoms with van der Waals surface area (Å²) in [5.74, 6) is 0.320. The zero-order valence-corrected chi connectivity index (χ0v) is 8.46. The highest BCUT2D eigenvalue weighted by molar-refractivity contribution is 7.51. The van der Waals surface area contributed by atoms with Crippen LogP contribution >= 0.6 is 19.2 Å². The molecule has 0 aliphatic heterocycles. The molecule has 1 unspecified atom stereocenters. The standard InChI is InChI=1S/C7H8ClO4P/c1-13(9,10)12-11-7-4-2-6(8)3-5-7/h2-5H,1H3,(H,9,10). The van der Waals surface area contributed by atoms with Gasteiger partial charge in [-0.1, -0.05) is 11.6 Å². The second-order valence-electron chi connectivity index (χ2n) is 2.41. The van der Waals surface area contributed by atoms with Gasteiger partial charge in [0.1, 0.15) is 0 Å². The summed E-state index contributed by atoms with van der Waals surface area (Å²) in [7, 11) is -3.60. The van der Waals surface area contributed by atoms with Gasteiger partial charge in [-0.3, -0.25) is 4.57 Å². The molecule has 1 N–H and O–H groups in total. The van der Waals surface area contributed by atoms with E-state index in [1.165, 1.54) is 12.1 Å². The molecule has 1 atom stereocenters. The Morgan fingerprint density at radius 2 is 1.92 bits per heavy atom. The summed E-state index contributed by atoms with van der Waals surface area (Å²) in [6, 6.07) is 6.21. The molecular formula is C7H8ClO4P. The first-order chi connectivity index (χ1) is 5.97. The Hall–Kier alpha value is -0.540. The first-order valence-corrected chi connectivity index (χ1v) is 5.80. The first-order valence-electron chi connectivity index (χ1n) is 3.39. The molecule has 1 aromatic rings. The molecule has 0 radical (unpaired) electrons. The Bertz CT molecular complexity index is 318. The van der Waals surface area contributed by atoms with Gasteiger partial charge in [-0.25, -0.2) is 0 Å². The maximum Gasteiger partial charge on any atom is 0.363 e. The van der Waals surface area contributed by atoms with Crippen LogP contribution in [0.25, 0.3) is 0 Å². The molecule has 6 heteroatoms. The van der Waals surface area contributed by atoms with Crippen molar-refractivity contribution in [1.29, 1.82) is 0 Å². The lowest BCUT2D eigenvalue weighted by atomic mass is 10.3. The van der Waals surface area contributed by atoms with Crippen LogP contribution in [0.4, 0.5) is 0 Å². The number of halogens is 1. The summed E-state index contributed by atoms with van der Waals surface area (Å²) in [4.78, 5) is 13.3. The molecular weight excluding hydrogens is 214 g/mol. The van der Waals surface area contributed by atoms with E-state index in [0.717, 1.165) is 6.66 Å². The molecule has 4 nitrogen and oxygen atoms in total. The molecule has 0 heterocycles. The van der Waals surface area contributed by atoms with Gasteiger partial charge in [0.25, 0.3) is 0 Å². The fraction of sp³-hybridized carbons (Fsp3) is 0.143. The van der Waals surface area contributed by atoms with Crippen LogP contribution in [0.5, 0.6) is 5.75 Å². The van der Waals surface area contributed by atoms with Crippen molar-refractivity contribution in [2.75, 3.05) is 6.66 Å². The monoisotopic (exact) mass is 222 g/mol. The highest BCUT2D eigenvalue weighted by Gasteiger charge is 2.11. The minimum Gasteiger partial charge on any atom is -0.329 e. The minimum atomic E-state index is -3.60. The van der Waals surface area contributed by atoms with Gasteiger partial charge in [0.2, 0.25) is 0 Å². The summed E-state index contributed by atoms with van der Waals surface area (Å²) in [6.45, 7) is 1.03. The van der Waals surface area contributed by atoms with Gasteiger partial charge in [0.15, 0.2) is 5.75 Å². The van der Waals surface area contributed by atoms with Crippen LogP contribution in [0.3, 0.4) is 0 Å². The van der Waals surface area contributed by atoms with E-state index in [0.29, 0.717) is 10.8 Å². The number of benzene rings is 1. The SMILES string of the molecule is CP(=O)(O)OOc1ccc(Cl)cc1. The van der Waals surface area contributed by atoms with Crippen molar-refractivity contribution in [3.63, 3.8) is 0 Å². The summed E-state index contributed by atoms with van der Waals surface area (Å²) < 4.78 is 14.9. The van der Waals surface area contributed by atoms with Gasteiger partial charge < -0.3 is 9.78 Å². The zero-order chi connectivity index (χ0) is 9.90. The van der Waals surface area contributed by atoms with Gasteiger partial charge in [-0.05, 0) is 24.3 Å². The quantitative estimate of drug-likeness (QED) is 0.485. The first kappa shape index (κ1) is 10.5. The lowest BCUT2D eigenvalue weighted by Gasteiger charge is -2.05. The van der Waals surface area contributed by atoms with E-state index in [4.69, 9.17) is 16.5 Å². The third-order valence-electron chi connectivity index (χ3n) is 1.09. The summed E-state index contributed by atoms with van der Waals surface area (Å²) in [5, 5.41) is 0.552. The number of hydrogen-bond donors (Lipinski definition) is 1. The third-order valence-corrected chi connectivity index (χ3v) is 1.69. The van der Waals surface area contributed by atoms with Crippen molar-refractivity contribution in [2.45, 2.75) is 0 Å². The van der Waals surface area contributed by atoms with Gasteiger partial charge in [0, 0.05) is 11.7 Å². The molecule has 0 aromatic heterocycles. The maximum atomic E-state index is 10.6. The molecule has 0 aliphatic rings. The average Bonchev–Trinajstić information content (AvgIpc) is 2.02. The summed E-state index contributed by atoms with van der Waals surface area (Å²) >= 11 is 5.60. The van der Waals surface area contributed by atoms with E-state index in [-0.39, 0.29) is 0 Å². The average molecular weight is 223 g/mol. The van der Waals surface area contributed by atoms with Crippen LogP contribution < -0.4 is 4.89 Å². The summed E-state index contributed by atoms with van der Waals surface area (Å²) in [5.41, 5.74) is 0. The maximum absolute atomic E-state index is 10.6. The van der Waals surface area contributed by atoms with E-state index in [9.17, 15) is 4.57 Å². The Kier molecular flexibility index (Phi) is 3.33. The number of rotatable bonds is 3. The minimum absolute atomic E-state index is 0.320. The van der Waals surface area contributed by atoms with E-state index >= 15 is 0 Å². The lowest BCUT2D eigenvalue weighted by molar-refractivity contribution is -0.107. The Balaban J connectivity index is 2.56. The Morgan fingerprint density at radius 3 is 2.38 bits per heavy atom. The Labute approximate surface area is 80.5 Å². The second kappa shape index (κ2) is 4.11. The van der Waals surface area contributed by atoms with Crippen molar-refractivity contribution >= 4 is 19.2 Å². The van der Waals surface area contributed by atoms with Gasteiger partial charge in [-0.2, -0.15) is 0 Å². The molecule has 1 aromatic carbocycles. The molecule has 0 amide bonds. The van der Waals surface area contributed by atoms with Crippen LogP contribution in [0.2, 0.25) is 5.02 Å². The van der Waals surface area contributed by atoms with Crippen LogP contribution in [0.1, 0.15) is 0 Å². The van der Waals surface area contributed by atoms with Crippen molar-refractivity contribution in [2.24, 2.45) is 0 Å². The van der Waals surface area contributed by atoms with Gasteiger partial charge in [0.05, 0.1) is 0 Å². The fourth-order valence-corrected chi connectivity index (χ4v) is 0.953. The highest BCUT2D eigenvalue weighted by atomic mass is 35.5. The Morgan fingerprint density at radius 1 is 1.38 bits per heavy atom. The van der Waals surface area contributed by atoms with Crippen molar-refractivity contribution in [1.82, 2.24) is 0 Å². The van der Waals surface area contributed by atoms with E-state index < -0.39 is 7.60 Å². The molecule has 0 bridgehead atoms. The molecule has 0 saturated carbocycles. The third kappa shape index (κ3) is 4.29. The smallest absolute Gasteiger partial charge is 0.329 e. The molecule has 1 rings (SSSR count). The predicted molar refractivity (Wildman–Crippen MR) is 48.9 cm³/mol. The largest absolute Gasteiger partial charge is 0.363 e. The molecule has 0 fully saturated rings. The molecule has 13 heavy (non-hydrogen) atoms. The molecule has 0 aliphatic carbocycles. The van der Waals surface area contributed by atoms with Crippen molar-refractivity contribution in [3.05, 3.63) is 29.3 Å². The van der Waals surface area contributed by atoms with E-state index in [2.05, 4.69) is 9.56 Å². The summed E-state index contributed by atoms with van der Waals surface area (Å²) in [6.07, 6.45) is 0. The molecule has 0 saturated heterocycles. The van der Waals surface area contributed by atoms with Crippen molar-refractivity contribution < 1.29 is 19.0 Å². The highest BCUT2D eigenvalue weighted by Crippen LogP contribution is 2.37. The second-order valence-corrected chi connectivity index (χ2v) is 4.61. The van der Waals surface area contributed by atoms with E-state index in [1.54, 1.807) is 12.1 Å². The molecule has 72 valence electrons. The predicted octanol–water partition coefficient (Wildman–Crippen LogP) is 2.47. The van der Waals surface area contributed by atoms with Gasteiger partial charge in [-0.15, -0.1) is 4.67 Å². The lowest BCUT2D eigenvalue weighted by Crippen LogP contribution is -1.93. The van der Waals surface area contributed by atoms with E-state index in [1.807, 2.05) is 0 Å². The van der Waals surface area contributed by atoms with Crippen LogP contribution in [0.15, 0.2) is 24.3 Å². The van der Waals surface area contributed by atoms with Crippen LogP contribution in [0, 0.1) is 0 Å². The normalized spacial score (nSPS) is 15.0. The molecule has 0 spiro atoms. The fourth-order valence-electron chi connectivity index (χ4n) is 0.602. The van der Waals surface area contributed by atoms with Crippen LogP contribution in [-0.4, -0.2) is 11.6 Å². The number of hydrogen-bond acceptors (Lipinski definition) is 3. The van der Waals surface area contributed by atoms with Crippen LogP contribution in [-0.2, 0) is 9.24 Å².